The number of rotatable bonds is 5. The van der Waals surface area contributed by atoms with Crippen LogP contribution in [0.2, 0.25) is 0 Å². The summed E-state index contributed by atoms with van der Waals surface area (Å²) >= 11 is 0. The summed E-state index contributed by atoms with van der Waals surface area (Å²) in [7, 11) is 0. The van der Waals surface area contributed by atoms with Gasteiger partial charge in [0, 0.05) is 12.1 Å². The van der Waals surface area contributed by atoms with Crippen molar-refractivity contribution >= 4 is 5.97 Å². The summed E-state index contributed by atoms with van der Waals surface area (Å²) in [5, 5.41) is 18.5. The van der Waals surface area contributed by atoms with Gasteiger partial charge in [0.25, 0.3) is 0 Å². The molecule has 1 unspecified atom stereocenters. The fraction of sp³-hybridized carbons (Fsp3) is 0.333. The summed E-state index contributed by atoms with van der Waals surface area (Å²) in [5.41, 5.74) is 1.64. The minimum absolute atomic E-state index is 0.416. The summed E-state index contributed by atoms with van der Waals surface area (Å²) < 4.78 is 5.51. The van der Waals surface area contributed by atoms with Gasteiger partial charge >= 0.3 is 5.97 Å². The highest BCUT2D eigenvalue weighted by Gasteiger charge is 2.14. The van der Waals surface area contributed by atoms with Gasteiger partial charge in [-0.2, -0.15) is 5.10 Å². The summed E-state index contributed by atoms with van der Waals surface area (Å²) in [5.74, 6) is 0.635. The maximum absolute atomic E-state index is 10.7. The number of carboxylic acids is 1. The van der Waals surface area contributed by atoms with Crippen molar-refractivity contribution in [1.82, 2.24) is 15.5 Å². The number of furan rings is 1. The number of hydrogen-bond donors (Lipinski definition) is 3. The number of carboxylic acid groups (broad SMARTS) is 1. The molecule has 0 aliphatic heterocycles. The lowest BCUT2D eigenvalue weighted by Gasteiger charge is -2.08. The van der Waals surface area contributed by atoms with Gasteiger partial charge in [-0.25, -0.2) is 0 Å². The first-order valence-electron chi connectivity index (χ1n) is 5.63. The number of nitrogens with zero attached hydrogens (tertiary/aromatic N) is 1. The van der Waals surface area contributed by atoms with Crippen LogP contribution >= 0.6 is 0 Å². The molecular weight excluding hydrogens is 234 g/mol. The Morgan fingerprint density at radius 2 is 2.39 bits per heavy atom. The molecular formula is C12H15N3O3. The first-order valence-corrected chi connectivity index (χ1v) is 5.63. The van der Waals surface area contributed by atoms with E-state index in [1.807, 2.05) is 19.1 Å². The summed E-state index contributed by atoms with van der Waals surface area (Å²) in [4.78, 5) is 10.7. The van der Waals surface area contributed by atoms with Crippen molar-refractivity contribution < 1.29 is 14.3 Å². The maximum atomic E-state index is 10.7. The van der Waals surface area contributed by atoms with E-state index in [1.54, 1.807) is 13.1 Å². The third-order valence-corrected chi connectivity index (χ3v) is 2.67. The van der Waals surface area contributed by atoms with Crippen LogP contribution in [0.15, 0.2) is 22.7 Å². The number of aromatic amines is 1. The first kappa shape index (κ1) is 12.4. The second kappa shape index (κ2) is 5.05. The monoisotopic (exact) mass is 249 g/mol. The number of aliphatic carboxylic acids is 1. The average molecular weight is 249 g/mol. The Kier molecular flexibility index (Phi) is 3.47. The molecule has 0 saturated heterocycles. The Labute approximate surface area is 104 Å². The number of aromatic nitrogens is 2. The van der Waals surface area contributed by atoms with E-state index in [2.05, 4.69) is 15.5 Å². The highest BCUT2D eigenvalue weighted by atomic mass is 16.4. The van der Waals surface area contributed by atoms with E-state index in [4.69, 9.17) is 9.52 Å². The van der Waals surface area contributed by atoms with Crippen molar-refractivity contribution in [2.24, 2.45) is 0 Å². The van der Waals surface area contributed by atoms with E-state index in [1.165, 1.54) is 0 Å². The van der Waals surface area contributed by atoms with E-state index in [-0.39, 0.29) is 0 Å². The van der Waals surface area contributed by atoms with Gasteiger partial charge in [-0.1, -0.05) is 0 Å². The van der Waals surface area contributed by atoms with Crippen LogP contribution in [0, 0.1) is 6.92 Å². The van der Waals surface area contributed by atoms with Gasteiger partial charge in [0.2, 0.25) is 0 Å². The molecule has 18 heavy (non-hydrogen) atoms. The molecule has 2 rings (SSSR count). The van der Waals surface area contributed by atoms with Crippen molar-refractivity contribution in [3.05, 3.63) is 29.7 Å². The molecule has 3 N–H and O–H groups in total. The van der Waals surface area contributed by atoms with Crippen molar-refractivity contribution in [3.63, 3.8) is 0 Å². The van der Waals surface area contributed by atoms with Crippen LogP contribution in [0.3, 0.4) is 0 Å². The molecule has 6 heteroatoms. The second-order valence-electron chi connectivity index (χ2n) is 4.12. The van der Waals surface area contributed by atoms with Crippen LogP contribution < -0.4 is 5.32 Å². The third kappa shape index (κ3) is 2.60. The number of nitrogens with one attached hydrogen (secondary N) is 2. The van der Waals surface area contributed by atoms with Crippen LogP contribution in [0.4, 0.5) is 0 Å². The Balaban J connectivity index is 2.11. The van der Waals surface area contributed by atoms with E-state index < -0.39 is 12.0 Å². The van der Waals surface area contributed by atoms with Crippen LogP contribution in [-0.2, 0) is 11.3 Å². The fourth-order valence-corrected chi connectivity index (χ4v) is 1.58. The van der Waals surface area contributed by atoms with Crippen LogP contribution in [-0.4, -0.2) is 27.3 Å². The molecule has 2 heterocycles. The van der Waals surface area contributed by atoms with E-state index in [0.717, 1.165) is 17.0 Å². The van der Waals surface area contributed by atoms with Gasteiger partial charge in [-0.05, 0) is 26.0 Å². The Bertz CT molecular complexity index is 544. The summed E-state index contributed by atoms with van der Waals surface area (Å²) in [6.45, 7) is 3.88. The molecule has 0 spiro atoms. The van der Waals surface area contributed by atoms with Gasteiger partial charge in [0.05, 0.1) is 6.20 Å². The highest BCUT2D eigenvalue weighted by Crippen LogP contribution is 2.23. The average Bonchev–Trinajstić information content (AvgIpc) is 2.93. The number of hydrogen-bond acceptors (Lipinski definition) is 4. The highest BCUT2D eigenvalue weighted by molar-refractivity contribution is 5.72. The van der Waals surface area contributed by atoms with Crippen LogP contribution in [0.1, 0.15) is 18.2 Å². The zero-order valence-corrected chi connectivity index (χ0v) is 10.2. The van der Waals surface area contributed by atoms with E-state index >= 15 is 0 Å². The molecule has 6 nitrogen and oxygen atoms in total. The lowest BCUT2D eigenvalue weighted by atomic mass is 10.2. The molecule has 1 atom stereocenters. The lowest BCUT2D eigenvalue weighted by molar-refractivity contribution is -0.139. The fourth-order valence-electron chi connectivity index (χ4n) is 1.58. The summed E-state index contributed by atoms with van der Waals surface area (Å²) in [6, 6.07) is 3.12. The van der Waals surface area contributed by atoms with E-state index in [9.17, 15) is 4.79 Å². The number of aryl methyl sites for hydroxylation is 1. The van der Waals surface area contributed by atoms with Gasteiger partial charge < -0.3 is 14.8 Å². The topological polar surface area (TPSA) is 91.2 Å². The molecule has 96 valence electrons. The largest absolute Gasteiger partial charge is 0.480 e. The molecule has 2 aromatic rings. The van der Waals surface area contributed by atoms with Gasteiger partial charge in [-0.15, -0.1) is 0 Å². The Morgan fingerprint density at radius 3 is 3.00 bits per heavy atom. The number of carbonyl (C=O) groups is 1. The van der Waals surface area contributed by atoms with E-state index in [0.29, 0.717) is 12.3 Å². The van der Waals surface area contributed by atoms with Crippen molar-refractivity contribution in [2.75, 3.05) is 0 Å². The predicted octanol–water partition coefficient (Wildman–Crippen LogP) is 1.54. The maximum Gasteiger partial charge on any atom is 0.320 e. The smallest absolute Gasteiger partial charge is 0.320 e. The van der Waals surface area contributed by atoms with Gasteiger partial charge in [0.15, 0.2) is 5.76 Å². The molecule has 0 aliphatic rings. The molecule has 2 aromatic heterocycles. The SMILES string of the molecule is Cc1ccc(-c2[nH]ncc2CNC(C)C(=O)O)o1. The molecule has 0 fully saturated rings. The predicted molar refractivity (Wildman–Crippen MR) is 65.0 cm³/mol. The Hall–Kier alpha value is -2.08. The molecule has 0 aliphatic carbocycles. The molecule has 0 radical (unpaired) electrons. The van der Waals surface area contributed by atoms with Crippen molar-refractivity contribution in [2.45, 2.75) is 26.4 Å². The Morgan fingerprint density at radius 1 is 1.61 bits per heavy atom. The van der Waals surface area contributed by atoms with Crippen LogP contribution in [0.5, 0.6) is 0 Å². The molecule has 0 amide bonds. The second-order valence-corrected chi connectivity index (χ2v) is 4.12. The normalized spacial score (nSPS) is 12.6. The van der Waals surface area contributed by atoms with Crippen molar-refractivity contribution in [1.29, 1.82) is 0 Å². The van der Waals surface area contributed by atoms with Crippen molar-refractivity contribution in [3.8, 4) is 11.5 Å². The molecule has 0 saturated carbocycles. The quantitative estimate of drug-likeness (QED) is 0.747. The summed E-state index contributed by atoms with van der Waals surface area (Å²) in [6.07, 6.45) is 1.66. The van der Waals surface area contributed by atoms with Crippen LogP contribution in [0.25, 0.3) is 11.5 Å². The third-order valence-electron chi connectivity index (χ3n) is 2.67. The molecule has 0 bridgehead atoms. The lowest BCUT2D eigenvalue weighted by Crippen LogP contribution is -2.33. The minimum Gasteiger partial charge on any atom is -0.480 e. The van der Waals surface area contributed by atoms with Gasteiger partial charge in [0.1, 0.15) is 17.5 Å². The standard InChI is InChI=1S/C12H15N3O3/c1-7-3-4-10(18-7)11-9(6-14-15-11)5-13-8(2)12(16)17/h3-4,6,8,13H,5H2,1-2H3,(H,14,15)(H,16,17). The zero-order valence-electron chi connectivity index (χ0n) is 10.2. The first-order chi connectivity index (χ1) is 8.58. The number of H-pyrrole nitrogens is 1. The zero-order chi connectivity index (χ0) is 13.1. The molecule has 0 aromatic carbocycles. The minimum atomic E-state index is -0.881. The van der Waals surface area contributed by atoms with Gasteiger partial charge in [-0.3, -0.25) is 9.89 Å².